The van der Waals surface area contributed by atoms with E-state index in [2.05, 4.69) is 10.6 Å². The summed E-state index contributed by atoms with van der Waals surface area (Å²) in [4.78, 5) is 24.1. The van der Waals surface area contributed by atoms with Crippen molar-refractivity contribution in [3.8, 4) is 5.75 Å². The quantitative estimate of drug-likeness (QED) is 0.653. The third-order valence-electron chi connectivity index (χ3n) is 3.33. The number of rotatable bonds is 3. The van der Waals surface area contributed by atoms with Crippen molar-refractivity contribution in [2.24, 2.45) is 0 Å². The molecule has 0 bridgehead atoms. The number of benzene rings is 2. The molecule has 23 heavy (non-hydrogen) atoms. The Morgan fingerprint density at radius 1 is 1.17 bits per heavy atom. The Morgan fingerprint density at radius 2 is 1.96 bits per heavy atom. The number of hydrogen-bond donors (Lipinski definition) is 2. The maximum Gasteiger partial charge on any atom is 0.334 e. The minimum atomic E-state index is -0.761. The third kappa shape index (κ3) is 3.41. The maximum absolute atomic E-state index is 12.1. The van der Waals surface area contributed by atoms with Crippen molar-refractivity contribution in [2.45, 2.75) is 12.5 Å². The molecule has 2 aromatic carbocycles. The lowest BCUT2D eigenvalue weighted by Crippen LogP contribution is -2.39. The van der Waals surface area contributed by atoms with Crippen molar-refractivity contribution < 1.29 is 14.3 Å². The molecule has 1 atom stereocenters. The highest BCUT2D eigenvalue weighted by molar-refractivity contribution is 6.44. The maximum atomic E-state index is 12.1. The van der Waals surface area contributed by atoms with Gasteiger partial charge in [0.2, 0.25) is 5.91 Å². The van der Waals surface area contributed by atoms with Crippen LogP contribution in [-0.2, 0) is 9.59 Å². The van der Waals surface area contributed by atoms with Gasteiger partial charge in [0, 0.05) is 0 Å². The predicted octanol–water partition coefficient (Wildman–Crippen LogP) is 3.72. The van der Waals surface area contributed by atoms with Crippen LogP contribution >= 0.6 is 23.2 Å². The van der Waals surface area contributed by atoms with Gasteiger partial charge in [-0.15, -0.1) is 0 Å². The van der Waals surface area contributed by atoms with Gasteiger partial charge in [0.15, 0.2) is 5.75 Å². The lowest BCUT2D eigenvalue weighted by Gasteiger charge is -2.25. The minimum absolute atomic E-state index is 0.0873. The molecule has 0 aliphatic carbocycles. The molecule has 3 rings (SSSR count). The number of carbonyl (C=O) groups excluding carboxylic acids is 2. The van der Waals surface area contributed by atoms with Gasteiger partial charge in [-0.05, 0) is 24.3 Å². The van der Waals surface area contributed by atoms with E-state index in [0.717, 1.165) is 0 Å². The molecule has 0 spiro atoms. The fourth-order valence-corrected chi connectivity index (χ4v) is 2.57. The first-order chi connectivity index (χ1) is 11.0. The number of halogens is 2. The molecule has 0 unspecified atom stereocenters. The minimum Gasteiger partial charge on any atom is -0.423 e. The lowest BCUT2D eigenvalue weighted by atomic mass is 10.1. The van der Waals surface area contributed by atoms with Crippen LogP contribution in [0.4, 0.5) is 11.4 Å². The number of esters is 1. The van der Waals surface area contributed by atoms with Crippen LogP contribution in [0, 0.1) is 0 Å². The molecular weight excluding hydrogens is 339 g/mol. The van der Waals surface area contributed by atoms with E-state index in [1.54, 1.807) is 36.4 Å². The zero-order chi connectivity index (χ0) is 16.4. The normalized spacial score (nSPS) is 16.1. The van der Waals surface area contributed by atoms with Gasteiger partial charge < -0.3 is 15.4 Å². The fraction of sp³-hybridized carbons (Fsp3) is 0.125. The highest BCUT2D eigenvalue weighted by Crippen LogP contribution is 2.31. The van der Waals surface area contributed by atoms with Crippen molar-refractivity contribution in [3.05, 3.63) is 52.5 Å². The van der Waals surface area contributed by atoms with Crippen LogP contribution in [0.25, 0.3) is 0 Å². The second kappa shape index (κ2) is 6.48. The summed E-state index contributed by atoms with van der Waals surface area (Å²) in [6, 6.07) is 11.2. The first-order valence-corrected chi connectivity index (χ1v) is 7.61. The summed E-state index contributed by atoms with van der Waals surface area (Å²) in [6.07, 6.45) is -0.0873. The van der Waals surface area contributed by atoms with Crippen LogP contribution in [0.5, 0.6) is 5.75 Å². The van der Waals surface area contributed by atoms with Gasteiger partial charge in [-0.25, -0.2) is 4.79 Å². The van der Waals surface area contributed by atoms with Crippen LogP contribution in [-0.4, -0.2) is 17.9 Å². The van der Waals surface area contributed by atoms with E-state index in [9.17, 15) is 9.59 Å². The molecule has 5 nitrogen and oxygen atoms in total. The standard InChI is InChI=1S/C16H12Cl2N2O3/c17-9-4-3-6-11(15(9)18)20-14(21)8-12-16(22)23-13-7-2-1-5-10(13)19-12/h1-7,12,19H,8H2,(H,20,21)/t12-/m1/s1. The summed E-state index contributed by atoms with van der Waals surface area (Å²) in [6.45, 7) is 0. The van der Waals surface area contributed by atoms with Gasteiger partial charge >= 0.3 is 5.97 Å². The molecule has 0 saturated heterocycles. The average Bonchev–Trinajstić information content (AvgIpc) is 2.52. The molecule has 1 heterocycles. The molecule has 0 saturated carbocycles. The number of fused-ring (bicyclic) bond motifs is 1. The Hall–Kier alpha value is -2.24. The first-order valence-electron chi connectivity index (χ1n) is 6.85. The Morgan fingerprint density at radius 3 is 2.78 bits per heavy atom. The van der Waals surface area contributed by atoms with Gasteiger partial charge in [0.05, 0.1) is 27.8 Å². The number of ether oxygens (including phenoxy) is 1. The molecule has 1 amide bonds. The number of amides is 1. The molecule has 2 aromatic rings. The molecule has 0 radical (unpaired) electrons. The molecule has 118 valence electrons. The zero-order valence-electron chi connectivity index (χ0n) is 11.8. The van der Waals surface area contributed by atoms with Gasteiger partial charge in [-0.3, -0.25) is 4.79 Å². The zero-order valence-corrected chi connectivity index (χ0v) is 13.3. The summed E-state index contributed by atoms with van der Waals surface area (Å²) in [7, 11) is 0. The number of hydrogen-bond acceptors (Lipinski definition) is 4. The number of para-hydroxylation sites is 2. The number of carbonyl (C=O) groups is 2. The fourth-order valence-electron chi connectivity index (χ4n) is 2.22. The van der Waals surface area contributed by atoms with E-state index in [-0.39, 0.29) is 17.4 Å². The molecule has 0 fully saturated rings. The Labute approximate surface area is 142 Å². The summed E-state index contributed by atoms with van der Waals surface area (Å²) in [5, 5.41) is 6.23. The second-order valence-electron chi connectivity index (χ2n) is 4.97. The van der Waals surface area contributed by atoms with E-state index in [1.807, 2.05) is 6.07 Å². The van der Waals surface area contributed by atoms with Crippen molar-refractivity contribution in [2.75, 3.05) is 10.6 Å². The van der Waals surface area contributed by atoms with Gasteiger partial charge in [0.25, 0.3) is 0 Å². The molecule has 7 heteroatoms. The summed E-state index contributed by atoms with van der Waals surface area (Å²) >= 11 is 11.9. The first kappa shape index (κ1) is 15.6. The van der Waals surface area contributed by atoms with E-state index in [0.29, 0.717) is 22.1 Å². The Bertz CT molecular complexity index is 780. The number of nitrogens with one attached hydrogen (secondary N) is 2. The van der Waals surface area contributed by atoms with Gasteiger partial charge in [0.1, 0.15) is 6.04 Å². The monoisotopic (exact) mass is 350 g/mol. The van der Waals surface area contributed by atoms with E-state index >= 15 is 0 Å². The van der Waals surface area contributed by atoms with Gasteiger partial charge in [-0.2, -0.15) is 0 Å². The van der Waals surface area contributed by atoms with E-state index in [1.165, 1.54) is 0 Å². The third-order valence-corrected chi connectivity index (χ3v) is 4.15. The highest BCUT2D eigenvalue weighted by Gasteiger charge is 2.29. The van der Waals surface area contributed by atoms with Crippen molar-refractivity contribution >= 4 is 46.5 Å². The highest BCUT2D eigenvalue weighted by atomic mass is 35.5. The summed E-state index contributed by atoms with van der Waals surface area (Å²) < 4.78 is 5.21. The molecule has 0 aromatic heterocycles. The van der Waals surface area contributed by atoms with Crippen molar-refractivity contribution in [1.82, 2.24) is 0 Å². The Kier molecular flexibility index (Phi) is 4.41. The second-order valence-corrected chi connectivity index (χ2v) is 5.75. The molecule has 2 N–H and O–H groups in total. The van der Waals surface area contributed by atoms with Crippen LogP contribution < -0.4 is 15.4 Å². The molecule has 1 aliphatic rings. The van der Waals surface area contributed by atoms with Crippen molar-refractivity contribution in [1.29, 1.82) is 0 Å². The summed E-state index contributed by atoms with van der Waals surface area (Å²) in [5.74, 6) is -0.425. The molecular formula is C16H12Cl2N2O3. The summed E-state index contributed by atoms with van der Waals surface area (Å²) in [5.41, 5.74) is 1.07. The smallest absolute Gasteiger partial charge is 0.334 e. The average molecular weight is 351 g/mol. The van der Waals surface area contributed by atoms with E-state index in [4.69, 9.17) is 27.9 Å². The van der Waals surface area contributed by atoms with Crippen molar-refractivity contribution in [3.63, 3.8) is 0 Å². The van der Waals surface area contributed by atoms with Crippen LogP contribution in [0.15, 0.2) is 42.5 Å². The van der Waals surface area contributed by atoms with Crippen LogP contribution in [0.3, 0.4) is 0 Å². The van der Waals surface area contributed by atoms with Crippen LogP contribution in [0.2, 0.25) is 10.0 Å². The van der Waals surface area contributed by atoms with Crippen LogP contribution in [0.1, 0.15) is 6.42 Å². The van der Waals surface area contributed by atoms with Gasteiger partial charge in [-0.1, -0.05) is 41.4 Å². The lowest BCUT2D eigenvalue weighted by molar-refractivity contribution is -0.137. The SMILES string of the molecule is O=C(C[C@H]1Nc2ccccc2OC1=O)Nc1cccc(Cl)c1Cl. The number of anilines is 2. The topological polar surface area (TPSA) is 67.4 Å². The Balaban J connectivity index is 1.69. The van der Waals surface area contributed by atoms with E-state index < -0.39 is 12.0 Å². The molecule has 1 aliphatic heterocycles. The largest absolute Gasteiger partial charge is 0.423 e. The predicted molar refractivity (Wildman–Crippen MR) is 89.2 cm³/mol.